The minimum absolute atomic E-state index is 0.393. The van der Waals surface area contributed by atoms with Gasteiger partial charge in [-0.15, -0.1) is 0 Å². The van der Waals surface area contributed by atoms with Crippen LogP contribution in [0.1, 0.15) is 56.9 Å². The van der Waals surface area contributed by atoms with Crippen molar-refractivity contribution in [1.82, 2.24) is 4.90 Å². The van der Waals surface area contributed by atoms with E-state index in [0.717, 1.165) is 51.5 Å². The first kappa shape index (κ1) is 17.5. The molecule has 3 nitrogen and oxygen atoms in total. The molecule has 1 heterocycles. The number of benzene rings is 1. The molecule has 3 rings (SSSR count). The number of nitrogens with zero attached hydrogens (tertiary/aromatic N) is 1. The maximum atomic E-state index is 12.4. The van der Waals surface area contributed by atoms with Gasteiger partial charge in [-0.3, -0.25) is 4.79 Å². The zero-order valence-corrected chi connectivity index (χ0v) is 15.0. The standard InChI is InChI=1S/C21H32N2O/c24-21(13-7-12-19-8-3-1-4-9-19)23-16-14-22(15-17-23)18-20-10-5-2-6-11-20/h2,5-6,10-11,19H,1,3-4,7-9,12-18H2/p+1. The van der Waals surface area contributed by atoms with E-state index in [2.05, 4.69) is 35.2 Å². The molecule has 1 amide bonds. The molecule has 2 aliphatic rings. The van der Waals surface area contributed by atoms with E-state index in [1.54, 1.807) is 4.90 Å². The Balaban J connectivity index is 1.32. The number of carbonyl (C=O) groups is 1. The van der Waals surface area contributed by atoms with Gasteiger partial charge in [0.05, 0.1) is 26.2 Å². The third-order valence-electron chi connectivity index (χ3n) is 5.85. The average Bonchev–Trinajstić information content (AvgIpc) is 2.64. The minimum atomic E-state index is 0.393. The summed E-state index contributed by atoms with van der Waals surface area (Å²) in [6.45, 7) is 5.13. The fraction of sp³-hybridized carbons (Fsp3) is 0.667. The summed E-state index contributed by atoms with van der Waals surface area (Å²) in [5.74, 6) is 1.29. The Hall–Kier alpha value is -1.35. The highest BCUT2D eigenvalue weighted by atomic mass is 16.2. The predicted octanol–water partition coefficient (Wildman–Crippen LogP) is 2.66. The average molecular weight is 330 g/mol. The molecule has 1 aromatic rings. The number of quaternary nitrogens is 1. The summed E-state index contributed by atoms with van der Waals surface area (Å²) < 4.78 is 0. The van der Waals surface area contributed by atoms with Crippen LogP contribution in [0.25, 0.3) is 0 Å². The van der Waals surface area contributed by atoms with E-state index in [1.165, 1.54) is 44.1 Å². The summed E-state index contributed by atoms with van der Waals surface area (Å²) in [7, 11) is 0. The maximum absolute atomic E-state index is 12.4. The molecule has 1 N–H and O–H groups in total. The number of rotatable bonds is 6. The molecule has 0 unspecified atom stereocenters. The van der Waals surface area contributed by atoms with Gasteiger partial charge in [-0.25, -0.2) is 0 Å². The van der Waals surface area contributed by atoms with Gasteiger partial charge < -0.3 is 9.80 Å². The second-order valence-corrected chi connectivity index (χ2v) is 7.69. The van der Waals surface area contributed by atoms with Crippen molar-refractivity contribution in [3.05, 3.63) is 35.9 Å². The molecule has 3 heteroatoms. The van der Waals surface area contributed by atoms with E-state index in [1.807, 2.05) is 0 Å². The van der Waals surface area contributed by atoms with Crippen molar-refractivity contribution in [1.29, 1.82) is 0 Å². The predicted molar refractivity (Wildman–Crippen MR) is 97.8 cm³/mol. The van der Waals surface area contributed by atoms with Crippen LogP contribution in [0.3, 0.4) is 0 Å². The maximum Gasteiger partial charge on any atom is 0.222 e. The van der Waals surface area contributed by atoms with Crippen molar-refractivity contribution < 1.29 is 9.69 Å². The zero-order chi connectivity index (χ0) is 16.6. The quantitative estimate of drug-likeness (QED) is 0.853. The van der Waals surface area contributed by atoms with Gasteiger partial charge in [0.25, 0.3) is 0 Å². The van der Waals surface area contributed by atoms with E-state index in [-0.39, 0.29) is 0 Å². The van der Waals surface area contributed by atoms with Crippen molar-refractivity contribution in [2.45, 2.75) is 57.9 Å². The van der Waals surface area contributed by atoms with Crippen molar-refractivity contribution in [2.75, 3.05) is 26.2 Å². The fourth-order valence-corrected chi connectivity index (χ4v) is 4.31. The zero-order valence-electron chi connectivity index (χ0n) is 15.0. The second kappa shape index (κ2) is 9.22. The lowest BCUT2D eigenvalue weighted by Crippen LogP contribution is -3.13. The van der Waals surface area contributed by atoms with Crippen LogP contribution in [0.4, 0.5) is 0 Å². The van der Waals surface area contributed by atoms with Crippen LogP contribution in [-0.2, 0) is 11.3 Å². The Kier molecular flexibility index (Phi) is 6.71. The van der Waals surface area contributed by atoms with Crippen LogP contribution in [0.5, 0.6) is 0 Å². The molecular formula is C21H33N2O+. The van der Waals surface area contributed by atoms with Crippen molar-refractivity contribution in [3.8, 4) is 0 Å². The molecule has 0 bridgehead atoms. The molecule has 0 atom stereocenters. The number of carbonyl (C=O) groups excluding carboxylic acids is 1. The first-order chi connectivity index (χ1) is 11.8. The number of hydrogen-bond donors (Lipinski definition) is 1. The fourth-order valence-electron chi connectivity index (χ4n) is 4.31. The SMILES string of the molecule is O=C(CCCC1CCCCC1)N1CC[NH+](Cc2ccccc2)CC1. The summed E-state index contributed by atoms with van der Waals surface area (Å²) in [6.07, 6.45) is 10.2. The molecule has 0 radical (unpaired) electrons. The number of amides is 1. The smallest absolute Gasteiger partial charge is 0.222 e. The first-order valence-corrected chi connectivity index (χ1v) is 9.96. The third kappa shape index (κ3) is 5.34. The van der Waals surface area contributed by atoms with Crippen LogP contribution in [-0.4, -0.2) is 37.0 Å². The summed E-state index contributed by atoms with van der Waals surface area (Å²) >= 11 is 0. The topological polar surface area (TPSA) is 24.8 Å². The lowest BCUT2D eigenvalue weighted by atomic mass is 9.86. The summed E-state index contributed by atoms with van der Waals surface area (Å²) in [5, 5.41) is 0. The highest BCUT2D eigenvalue weighted by Gasteiger charge is 2.23. The van der Waals surface area contributed by atoms with Gasteiger partial charge >= 0.3 is 0 Å². The van der Waals surface area contributed by atoms with Crippen LogP contribution in [0, 0.1) is 5.92 Å². The van der Waals surface area contributed by atoms with E-state index in [4.69, 9.17) is 0 Å². The molecule has 24 heavy (non-hydrogen) atoms. The minimum Gasteiger partial charge on any atom is -0.331 e. The Morgan fingerprint density at radius 1 is 1.04 bits per heavy atom. The van der Waals surface area contributed by atoms with Crippen LogP contribution in [0.2, 0.25) is 0 Å². The molecule has 1 saturated carbocycles. The normalized spacial score (nSPS) is 20.2. The van der Waals surface area contributed by atoms with Gasteiger partial charge in [0.2, 0.25) is 5.91 Å². The molecule has 0 spiro atoms. The van der Waals surface area contributed by atoms with Crippen LogP contribution < -0.4 is 4.90 Å². The van der Waals surface area contributed by atoms with Crippen molar-refractivity contribution in [3.63, 3.8) is 0 Å². The summed E-state index contributed by atoms with van der Waals surface area (Å²) in [5.41, 5.74) is 1.40. The van der Waals surface area contributed by atoms with Gasteiger partial charge in [0.15, 0.2) is 0 Å². The monoisotopic (exact) mass is 329 g/mol. The Bertz CT molecular complexity index is 488. The van der Waals surface area contributed by atoms with E-state index < -0.39 is 0 Å². The van der Waals surface area contributed by atoms with Crippen molar-refractivity contribution >= 4 is 5.91 Å². The van der Waals surface area contributed by atoms with Gasteiger partial charge in [0.1, 0.15) is 6.54 Å². The molecular weight excluding hydrogens is 296 g/mol. The largest absolute Gasteiger partial charge is 0.331 e. The molecule has 1 aromatic carbocycles. The third-order valence-corrected chi connectivity index (χ3v) is 5.85. The molecule has 1 aliphatic carbocycles. The number of nitrogens with one attached hydrogen (secondary N) is 1. The van der Waals surface area contributed by atoms with Gasteiger partial charge in [-0.05, 0) is 18.8 Å². The highest BCUT2D eigenvalue weighted by molar-refractivity contribution is 5.76. The Labute approximate surface area is 147 Å². The van der Waals surface area contributed by atoms with Crippen LogP contribution >= 0.6 is 0 Å². The van der Waals surface area contributed by atoms with E-state index in [0.29, 0.717) is 5.91 Å². The molecule has 1 aliphatic heterocycles. The Morgan fingerprint density at radius 3 is 2.46 bits per heavy atom. The van der Waals surface area contributed by atoms with Crippen molar-refractivity contribution in [2.24, 2.45) is 5.92 Å². The van der Waals surface area contributed by atoms with Crippen LogP contribution in [0.15, 0.2) is 30.3 Å². The highest BCUT2D eigenvalue weighted by Crippen LogP contribution is 2.27. The summed E-state index contributed by atoms with van der Waals surface area (Å²) in [4.78, 5) is 16.1. The van der Waals surface area contributed by atoms with Gasteiger partial charge in [0, 0.05) is 12.0 Å². The number of hydrogen-bond acceptors (Lipinski definition) is 1. The Morgan fingerprint density at radius 2 is 1.75 bits per heavy atom. The molecule has 2 fully saturated rings. The lowest BCUT2D eigenvalue weighted by molar-refractivity contribution is -0.917. The summed E-state index contributed by atoms with van der Waals surface area (Å²) in [6, 6.07) is 10.7. The van der Waals surface area contributed by atoms with Gasteiger partial charge in [-0.2, -0.15) is 0 Å². The molecule has 132 valence electrons. The second-order valence-electron chi connectivity index (χ2n) is 7.69. The number of piperazine rings is 1. The van der Waals surface area contributed by atoms with E-state index >= 15 is 0 Å². The lowest BCUT2D eigenvalue weighted by Gasteiger charge is -2.32. The first-order valence-electron chi connectivity index (χ1n) is 9.96. The van der Waals surface area contributed by atoms with Gasteiger partial charge in [-0.1, -0.05) is 62.4 Å². The molecule has 1 saturated heterocycles. The molecule has 0 aromatic heterocycles. The van der Waals surface area contributed by atoms with E-state index in [9.17, 15) is 4.79 Å².